The van der Waals surface area contributed by atoms with Gasteiger partial charge in [0.1, 0.15) is 17.8 Å². The van der Waals surface area contributed by atoms with Crippen LogP contribution in [0.1, 0.15) is 17.6 Å². The molecule has 3 aromatic rings. The first-order valence-corrected chi connectivity index (χ1v) is 12.3. The lowest BCUT2D eigenvalue weighted by Crippen LogP contribution is -2.29. The van der Waals surface area contributed by atoms with Crippen LogP contribution in [0, 0.1) is 0 Å². The smallest absolute Gasteiger partial charge is 0.339 e. The van der Waals surface area contributed by atoms with Crippen molar-refractivity contribution in [1.29, 1.82) is 0 Å². The Morgan fingerprint density at radius 1 is 0.844 bits per heavy atom. The van der Waals surface area contributed by atoms with E-state index in [4.69, 9.17) is 9.47 Å². The van der Waals surface area contributed by atoms with E-state index in [0.717, 1.165) is 34.7 Å². The number of hydrogen-bond acceptors (Lipinski definition) is 6. The Hall–Kier alpha value is -3.08. The van der Waals surface area contributed by atoms with Gasteiger partial charge in [0, 0.05) is 0 Å². The lowest BCUT2D eigenvalue weighted by Gasteiger charge is -2.36. The Kier molecular flexibility index (Phi) is 6.63. The van der Waals surface area contributed by atoms with Crippen molar-refractivity contribution in [3.8, 4) is 11.5 Å². The molecule has 6 nitrogen and oxygen atoms in total. The zero-order valence-corrected chi connectivity index (χ0v) is 19.2. The normalized spacial score (nSPS) is 16.0. The molecule has 0 bridgehead atoms. The molecular formula is C25H28N2O4P+. The third kappa shape index (κ3) is 4.04. The molecule has 0 spiro atoms. The third-order valence-electron chi connectivity index (χ3n) is 5.90. The molecule has 0 radical (unpaired) electrons. The van der Waals surface area contributed by atoms with E-state index in [1.165, 1.54) is 0 Å². The van der Waals surface area contributed by atoms with E-state index < -0.39 is 7.79 Å². The van der Waals surface area contributed by atoms with Gasteiger partial charge < -0.3 is 14.3 Å². The highest BCUT2D eigenvalue weighted by molar-refractivity contribution is 7.74. The van der Waals surface area contributed by atoms with Gasteiger partial charge >= 0.3 is 7.79 Å². The highest BCUT2D eigenvalue weighted by Crippen LogP contribution is 2.75. The summed E-state index contributed by atoms with van der Waals surface area (Å²) in [5.74, 6) is 1.52. The van der Waals surface area contributed by atoms with Crippen molar-refractivity contribution in [2.24, 2.45) is 0 Å². The van der Waals surface area contributed by atoms with Crippen LogP contribution in [0.15, 0.2) is 78.9 Å². The fraction of sp³-hybridized carbons (Fsp3) is 0.240. The van der Waals surface area contributed by atoms with Gasteiger partial charge in [-0.1, -0.05) is 30.3 Å². The van der Waals surface area contributed by atoms with Gasteiger partial charge in [-0.05, 0) is 54.1 Å². The molecule has 0 aromatic heterocycles. The van der Waals surface area contributed by atoms with Crippen LogP contribution in [0.3, 0.4) is 0 Å². The maximum absolute atomic E-state index is 12.6. The second-order valence-corrected chi connectivity index (χ2v) is 10.4. The van der Waals surface area contributed by atoms with Crippen LogP contribution in [0.5, 0.6) is 11.5 Å². The molecule has 1 fully saturated rings. The molecule has 1 unspecified atom stereocenters. The number of rotatable bonds is 8. The topological polar surface area (TPSA) is 62.2 Å². The average molecular weight is 451 g/mol. The Bertz CT molecular complexity index is 973. The fourth-order valence-corrected chi connectivity index (χ4v) is 7.89. The van der Waals surface area contributed by atoms with E-state index in [1.54, 1.807) is 14.2 Å². The SMILES string of the molecule is COc1ccc(N2CCN(c3ccc(OC)cc3)[P+]2(O)C(CC=O)c2ccccc2)cc1. The summed E-state index contributed by atoms with van der Waals surface area (Å²) in [6, 6.07) is 25.3. The Morgan fingerprint density at radius 2 is 1.31 bits per heavy atom. The summed E-state index contributed by atoms with van der Waals surface area (Å²) in [5, 5.41) is 0. The van der Waals surface area contributed by atoms with Gasteiger partial charge in [-0.25, -0.2) is 14.2 Å². The van der Waals surface area contributed by atoms with Crippen molar-refractivity contribution in [3.05, 3.63) is 84.4 Å². The maximum atomic E-state index is 12.6. The number of hydrogen-bond donors (Lipinski definition) is 1. The molecule has 1 aliphatic heterocycles. The number of carbonyl (C=O) groups is 1. The Balaban J connectivity index is 1.83. The summed E-state index contributed by atoms with van der Waals surface area (Å²) >= 11 is 0. The van der Waals surface area contributed by atoms with Crippen molar-refractivity contribution < 1.29 is 19.2 Å². The largest absolute Gasteiger partial charge is 0.497 e. The highest BCUT2D eigenvalue weighted by Gasteiger charge is 2.61. The zero-order chi connectivity index (χ0) is 22.6. The predicted octanol–water partition coefficient (Wildman–Crippen LogP) is 5.12. The predicted molar refractivity (Wildman–Crippen MR) is 130 cm³/mol. The molecule has 0 amide bonds. The molecule has 1 N–H and O–H groups in total. The summed E-state index contributed by atoms with van der Waals surface area (Å²) in [5.41, 5.74) is 2.41. The van der Waals surface area contributed by atoms with Crippen LogP contribution in [0.4, 0.5) is 11.4 Å². The number of anilines is 2. The van der Waals surface area contributed by atoms with Gasteiger partial charge in [0.05, 0.1) is 45.1 Å². The van der Waals surface area contributed by atoms with Gasteiger partial charge in [-0.15, -0.1) is 0 Å². The van der Waals surface area contributed by atoms with E-state index in [2.05, 4.69) is 9.34 Å². The van der Waals surface area contributed by atoms with Gasteiger partial charge in [0.25, 0.3) is 0 Å². The molecule has 1 aliphatic rings. The lowest BCUT2D eigenvalue weighted by atomic mass is 10.1. The second kappa shape index (κ2) is 9.60. The van der Waals surface area contributed by atoms with Crippen molar-refractivity contribution in [1.82, 2.24) is 0 Å². The number of nitrogens with zero attached hydrogens (tertiary/aromatic N) is 2. The third-order valence-corrected chi connectivity index (χ3v) is 9.53. The summed E-state index contributed by atoms with van der Waals surface area (Å²) in [6.45, 7) is 1.29. The number of aldehydes is 1. The van der Waals surface area contributed by atoms with Gasteiger partial charge in [0.2, 0.25) is 0 Å². The van der Waals surface area contributed by atoms with Crippen LogP contribution in [-0.2, 0) is 4.79 Å². The minimum absolute atomic E-state index is 0.230. The van der Waals surface area contributed by atoms with Crippen LogP contribution in [0.2, 0.25) is 0 Å². The van der Waals surface area contributed by atoms with E-state index in [0.29, 0.717) is 13.1 Å². The number of benzene rings is 3. The molecule has 7 heteroatoms. The minimum atomic E-state index is -3.03. The van der Waals surface area contributed by atoms with Gasteiger partial charge in [-0.3, -0.25) is 0 Å². The highest BCUT2D eigenvalue weighted by atomic mass is 31.2. The lowest BCUT2D eigenvalue weighted by molar-refractivity contribution is -0.107. The fourth-order valence-electron chi connectivity index (χ4n) is 4.30. The van der Waals surface area contributed by atoms with E-state index in [9.17, 15) is 9.69 Å². The summed E-state index contributed by atoms with van der Waals surface area (Å²) in [7, 11) is 0.242. The zero-order valence-electron chi connectivity index (χ0n) is 18.3. The summed E-state index contributed by atoms with van der Waals surface area (Å²) in [6.07, 6.45) is 1.14. The van der Waals surface area contributed by atoms with E-state index in [-0.39, 0.29) is 12.1 Å². The standard InChI is InChI=1S/C25H28N2O4P/c1-30-23-12-8-21(9-13-23)26-17-18-27(22-10-14-24(31-2)15-11-22)32(26,29)25(16-19-28)20-6-4-3-5-7-20/h3-15,19,25,29H,16-18H2,1-2H3/q+1. The first kappa shape index (κ1) is 22.1. The monoisotopic (exact) mass is 451 g/mol. The first-order valence-electron chi connectivity index (χ1n) is 10.6. The maximum Gasteiger partial charge on any atom is 0.339 e. The molecule has 1 heterocycles. The van der Waals surface area contributed by atoms with Crippen molar-refractivity contribution in [2.45, 2.75) is 12.1 Å². The Labute approximate surface area is 189 Å². The molecule has 1 saturated heterocycles. The molecule has 4 rings (SSSR count). The molecule has 3 aromatic carbocycles. The molecule has 1 atom stereocenters. The molecular weight excluding hydrogens is 423 g/mol. The van der Waals surface area contributed by atoms with E-state index in [1.807, 2.05) is 78.9 Å². The second-order valence-electron chi connectivity index (χ2n) is 7.59. The summed E-state index contributed by atoms with van der Waals surface area (Å²) in [4.78, 5) is 24.3. The minimum Gasteiger partial charge on any atom is -0.497 e. The van der Waals surface area contributed by atoms with E-state index >= 15 is 0 Å². The molecule has 166 valence electrons. The number of methoxy groups -OCH3 is 2. The molecule has 32 heavy (non-hydrogen) atoms. The van der Waals surface area contributed by atoms with Crippen LogP contribution in [0.25, 0.3) is 0 Å². The van der Waals surface area contributed by atoms with Gasteiger partial charge in [-0.2, -0.15) is 0 Å². The van der Waals surface area contributed by atoms with Crippen LogP contribution < -0.4 is 18.8 Å². The quantitative estimate of drug-likeness (QED) is 0.379. The summed E-state index contributed by atoms with van der Waals surface area (Å²) < 4.78 is 14.8. The van der Waals surface area contributed by atoms with Crippen molar-refractivity contribution in [2.75, 3.05) is 36.6 Å². The number of carbonyl (C=O) groups excluding carboxylic acids is 1. The van der Waals surface area contributed by atoms with Crippen LogP contribution in [-0.4, -0.2) is 38.5 Å². The number of ether oxygens (including phenoxy) is 2. The van der Waals surface area contributed by atoms with Crippen molar-refractivity contribution >= 4 is 25.5 Å². The Morgan fingerprint density at radius 3 is 1.72 bits per heavy atom. The first-order chi connectivity index (χ1) is 15.6. The molecule has 0 aliphatic carbocycles. The molecule has 0 saturated carbocycles. The average Bonchev–Trinajstić information content (AvgIpc) is 3.20. The van der Waals surface area contributed by atoms with Crippen LogP contribution >= 0.6 is 7.79 Å². The van der Waals surface area contributed by atoms with Gasteiger partial charge in [0.15, 0.2) is 5.66 Å². The van der Waals surface area contributed by atoms with Crippen molar-refractivity contribution in [3.63, 3.8) is 0 Å².